The monoisotopic (exact) mass is 424 g/mol. The molecule has 4 rings (SSSR count). The second-order valence-electron chi connectivity index (χ2n) is 6.06. The van der Waals surface area contributed by atoms with E-state index in [-0.39, 0.29) is 12.5 Å². The van der Waals surface area contributed by atoms with Crippen molar-refractivity contribution in [2.45, 2.75) is 0 Å². The molecule has 136 valence electrons. The van der Waals surface area contributed by atoms with Crippen LogP contribution in [0.3, 0.4) is 0 Å². The van der Waals surface area contributed by atoms with Crippen molar-refractivity contribution >= 4 is 55.2 Å². The molecule has 1 heterocycles. The summed E-state index contributed by atoms with van der Waals surface area (Å²) in [5.74, 6) is 0.411. The highest BCUT2D eigenvalue weighted by atomic mass is 79.9. The van der Waals surface area contributed by atoms with Gasteiger partial charge in [0.25, 0.3) is 0 Å². The highest BCUT2D eigenvalue weighted by molar-refractivity contribution is 9.10. The quantitative estimate of drug-likeness (QED) is 0.449. The first-order valence-corrected chi connectivity index (χ1v) is 9.22. The number of carbonyl (C=O) groups excluding carboxylic acids is 1. The topological polar surface area (TPSA) is 63.5 Å². The summed E-state index contributed by atoms with van der Waals surface area (Å²) < 4.78 is 12.3. The fourth-order valence-corrected chi connectivity index (χ4v) is 3.39. The van der Waals surface area contributed by atoms with Crippen molar-refractivity contribution in [3.8, 4) is 5.75 Å². The van der Waals surface area contributed by atoms with Gasteiger partial charge in [0.2, 0.25) is 5.91 Å². The zero-order valence-corrected chi connectivity index (χ0v) is 16.2. The molecule has 0 bridgehead atoms. The molecule has 5 nitrogen and oxygen atoms in total. The molecule has 0 saturated heterocycles. The number of anilines is 2. The first-order chi connectivity index (χ1) is 13.1. The molecule has 3 aromatic carbocycles. The Bertz CT molecular complexity index is 1140. The van der Waals surface area contributed by atoms with Crippen LogP contribution in [-0.2, 0) is 4.79 Å². The summed E-state index contributed by atoms with van der Waals surface area (Å²) >= 11 is 3.41. The second kappa shape index (κ2) is 7.32. The summed E-state index contributed by atoms with van der Waals surface area (Å²) in [6.45, 7) is 0.137. The number of benzene rings is 3. The second-order valence-corrected chi connectivity index (χ2v) is 6.97. The molecule has 0 spiro atoms. The standard InChI is InChI=1S/C21H17BrN2O3/c1-26-20-10-16-15-7-2-3-8-18(15)27-19(16)11-17(20)24-21(25)12-23-14-6-4-5-13(22)9-14/h2-11,23H,12H2,1H3,(H,24,25). The maximum atomic E-state index is 12.4. The van der Waals surface area contributed by atoms with E-state index in [1.165, 1.54) is 0 Å². The number of methoxy groups -OCH3 is 1. The largest absolute Gasteiger partial charge is 0.495 e. The van der Waals surface area contributed by atoms with Gasteiger partial charge < -0.3 is 19.8 Å². The molecule has 4 aromatic rings. The minimum atomic E-state index is -0.177. The first-order valence-electron chi connectivity index (χ1n) is 8.42. The van der Waals surface area contributed by atoms with Gasteiger partial charge in [-0.25, -0.2) is 0 Å². The molecule has 0 aliphatic rings. The lowest BCUT2D eigenvalue weighted by Crippen LogP contribution is -2.22. The Balaban J connectivity index is 1.57. The van der Waals surface area contributed by atoms with Crippen LogP contribution in [-0.4, -0.2) is 19.6 Å². The predicted octanol–water partition coefficient (Wildman–Crippen LogP) is 5.41. The molecule has 0 unspecified atom stereocenters. The molecule has 2 N–H and O–H groups in total. The Morgan fingerprint density at radius 2 is 1.89 bits per heavy atom. The van der Waals surface area contributed by atoms with Gasteiger partial charge in [0.15, 0.2) is 0 Å². The number of halogens is 1. The number of furan rings is 1. The number of para-hydroxylation sites is 1. The zero-order valence-electron chi connectivity index (χ0n) is 14.6. The van der Waals surface area contributed by atoms with Gasteiger partial charge >= 0.3 is 0 Å². The number of ether oxygens (including phenoxy) is 1. The SMILES string of the molecule is COc1cc2c(cc1NC(=O)CNc1cccc(Br)c1)oc1ccccc12. The van der Waals surface area contributed by atoms with Gasteiger partial charge in [-0.05, 0) is 30.3 Å². The van der Waals surface area contributed by atoms with Gasteiger partial charge in [0.1, 0.15) is 16.9 Å². The average molecular weight is 425 g/mol. The fraction of sp³-hybridized carbons (Fsp3) is 0.0952. The Morgan fingerprint density at radius 3 is 2.70 bits per heavy atom. The summed E-state index contributed by atoms with van der Waals surface area (Å²) in [5, 5.41) is 7.95. The third-order valence-electron chi connectivity index (χ3n) is 4.25. The molecular weight excluding hydrogens is 408 g/mol. The Labute approximate surface area is 164 Å². The molecule has 0 aliphatic carbocycles. The Morgan fingerprint density at radius 1 is 1.04 bits per heavy atom. The van der Waals surface area contributed by atoms with Crippen LogP contribution in [0.1, 0.15) is 0 Å². The highest BCUT2D eigenvalue weighted by Crippen LogP contribution is 2.36. The van der Waals surface area contributed by atoms with E-state index >= 15 is 0 Å². The normalized spacial score (nSPS) is 10.9. The maximum Gasteiger partial charge on any atom is 0.243 e. The van der Waals surface area contributed by atoms with E-state index in [9.17, 15) is 4.79 Å². The van der Waals surface area contributed by atoms with E-state index in [1.54, 1.807) is 13.2 Å². The number of amides is 1. The van der Waals surface area contributed by atoms with E-state index in [0.717, 1.165) is 26.5 Å². The van der Waals surface area contributed by atoms with E-state index in [0.29, 0.717) is 17.0 Å². The lowest BCUT2D eigenvalue weighted by atomic mass is 10.1. The van der Waals surface area contributed by atoms with Crippen molar-refractivity contribution in [2.75, 3.05) is 24.3 Å². The summed E-state index contributed by atoms with van der Waals surface area (Å²) in [4.78, 5) is 12.4. The van der Waals surface area contributed by atoms with Gasteiger partial charge in [0, 0.05) is 27.0 Å². The molecule has 27 heavy (non-hydrogen) atoms. The number of nitrogens with one attached hydrogen (secondary N) is 2. The summed E-state index contributed by atoms with van der Waals surface area (Å²) in [7, 11) is 1.58. The molecule has 6 heteroatoms. The van der Waals surface area contributed by atoms with E-state index in [4.69, 9.17) is 9.15 Å². The Kier molecular flexibility index (Phi) is 4.73. The van der Waals surface area contributed by atoms with E-state index in [1.807, 2.05) is 54.6 Å². The predicted molar refractivity (Wildman–Crippen MR) is 112 cm³/mol. The van der Waals surface area contributed by atoms with Crippen LogP contribution in [0.25, 0.3) is 21.9 Å². The third-order valence-corrected chi connectivity index (χ3v) is 4.74. The van der Waals surface area contributed by atoms with Crippen LogP contribution in [0, 0.1) is 0 Å². The number of carbonyl (C=O) groups is 1. The molecule has 0 atom stereocenters. The summed E-state index contributed by atoms with van der Waals surface area (Å²) in [5.41, 5.74) is 2.94. The molecule has 0 radical (unpaired) electrons. The molecular formula is C21H17BrN2O3. The van der Waals surface area contributed by atoms with Crippen molar-refractivity contribution in [3.63, 3.8) is 0 Å². The van der Waals surface area contributed by atoms with Gasteiger partial charge in [0.05, 0.1) is 19.3 Å². The van der Waals surface area contributed by atoms with Gasteiger partial charge in [-0.1, -0.05) is 40.2 Å². The summed E-state index contributed by atoms with van der Waals surface area (Å²) in [6.07, 6.45) is 0. The average Bonchev–Trinajstić information content (AvgIpc) is 3.03. The van der Waals surface area contributed by atoms with Gasteiger partial charge in [-0.2, -0.15) is 0 Å². The molecule has 1 amide bonds. The Hall–Kier alpha value is -2.99. The smallest absolute Gasteiger partial charge is 0.243 e. The van der Waals surface area contributed by atoms with Gasteiger partial charge in [-0.3, -0.25) is 4.79 Å². The zero-order chi connectivity index (χ0) is 18.8. The van der Waals surface area contributed by atoms with Crippen LogP contribution in [0.2, 0.25) is 0 Å². The number of hydrogen-bond acceptors (Lipinski definition) is 4. The molecule has 0 saturated carbocycles. The van der Waals surface area contributed by atoms with Crippen LogP contribution in [0.4, 0.5) is 11.4 Å². The van der Waals surface area contributed by atoms with Crippen molar-refractivity contribution < 1.29 is 13.9 Å². The van der Waals surface area contributed by atoms with Crippen molar-refractivity contribution in [2.24, 2.45) is 0 Å². The van der Waals surface area contributed by atoms with Crippen LogP contribution in [0.5, 0.6) is 5.75 Å². The number of fused-ring (bicyclic) bond motifs is 3. The molecule has 0 fully saturated rings. The number of hydrogen-bond donors (Lipinski definition) is 2. The minimum absolute atomic E-state index is 0.137. The van der Waals surface area contributed by atoms with Crippen molar-refractivity contribution in [1.29, 1.82) is 0 Å². The van der Waals surface area contributed by atoms with Gasteiger partial charge in [-0.15, -0.1) is 0 Å². The van der Waals surface area contributed by atoms with E-state index < -0.39 is 0 Å². The maximum absolute atomic E-state index is 12.4. The van der Waals surface area contributed by atoms with Crippen LogP contribution in [0.15, 0.2) is 69.6 Å². The summed E-state index contributed by atoms with van der Waals surface area (Å²) in [6, 6.07) is 19.1. The van der Waals surface area contributed by atoms with Crippen LogP contribution < -0.4 is 15.4 Å². The lowest BCUT2D eigenvalue weighted by Gasteiger charge is -2.11. The molecule has 0 aliphatic heterocycles. The fourth-order valence-electron chi connectivity index (χ4n) is 2.99. The minimum Gasteiger partial charge on any atom is -0.495 e. The molecule has 1 aromatic heterocycles. The van der Waals surface area contributed by atoms with E-state index in [2.05, 4.69) is 26.6 Å². The van der Waals surface area contributed by atoms with Crippen molar-refractivity contribution in [3.05, 3.63) is 65.1 Å². The lowest BCUT2D eigenvalue weighted by molar-refractivity contribution is -0.114. The third kappa shape index (κ3) is 3.61. The first kappa shape index (κ1) is 17.4. The van der Waals surface area contributed by atoms with Crippen molar-refractivity contribution in [1.82, 2.24) is 0 Å². The van der Waals surface area contributed by atoms with Crippen LogP contribution >= 0.6 is 15.9 Å². The number of rotatable bonds is 5. The highest BCUT2D eigenvalue weighted by Gasteiger charge is 2.14.